The Bertz CT molecular complexity index is 1550. The summed E-state index contributed by atoms with van der Waals surface area (Å²) in [6, 6.07) is 17.4. The Labute approximate surface area is 225 Å². The molecule has 3 heterocycles. The summed E-state index contributed by atoms with van der Waals surface area (Å²) in [5, 5.41) is 14.1. The number of hydrogen-bond acceptors (Lipinski definition) is 4. The topological polar surface area (TPSA) is 74.0 Å². The maximum atomic E-state index is 13.4. The van der Waals surface area contributed by atoms with Crippen LogP contribution in [0.25, 0.3) is 17.0 Å². The smallest absolute Gasteiger partial charge is 0.326 e. The minimum absolute atomic E-state index is 0.243. The first-order valence-electron chi connectivity index (χ1n) is 12.0. The number of aromatic nitrogens is 2. The van der Waals surface area contributed by atoms with Crippen molar-refractivity contribution in [2.45, 2.75) is 26.4 Å². The number of fused-ring (bicyclic) bond motifs is 3. The maximum absolute atomic E-state index is 13.4. The first kappa shape index (κ1) is 25.0. The molecule has 1 N–H and O–H groups in total. The zero-order valence-electron chi connectivity index (χ0n) is 20.3. The van der Waals surface area contributed by atoms with Gasteiger partial charge in [-0.2, -0.15) is 5.26 Å². The number of benzene rings is 2. The highest BCUT2D eigenvalue weighted by Gasteiger charge is 2.27. The van der Waals surface area contributed by atoms with Gasteiger partial charge in [0.2, 0.25) is 0 Å². The number of nitrogens with zero attached hydrogens (tertiary/aromatic N) is 4. The first-order valence-corrected chi connectivity index (χ1v) is 12.8. The number of carbonyl (C=O) groups excluding carboxylic acids is 1. The molecule has 4 aromatic rings. The van der Waals surface area contributed by atoms with Crippen LogP contribution in [0.5, 0.6) is 0 Å². The first-order chi connectivity index (χ1) is 17.9. The van der Waals surface area contributed by atoms with Crippen molar-refractivity contribution in [1.82, 2.24) is 19.8 Å². The number of halogens is 2. The fraction of sp³-hybridized carbons (Fsp3) is 0.207. The molecule has 186 valence electrons. The molecule has 0 fully saturated rings. The van der Waals surface area contributed by atoms with Gasteiger partial charge < -0.3 is 5.32 Å². The van der Waals surface area contributed by atoms with E-state index in [1.54, 1.807) is 29.0 Å². The lowest BCUT2D eigenvalue weighted by Crippen LogP contribution is -2.34. The van der Waals surface area contributed by atoms with E-state index >= 15 is 0 Å². The molecule has 5 rings (SSSR count). The van der Waals surface area contributed by atoms with E-state index in [0.29, 0.717) is 40.8 Å². The Balaban J connectivity index is 1.42. The van der Waals surface area contributed by atoms with Gasteiger partial charge in [0, 0.05) is 49.9 Å². The lowest BCUT2D eigenvalue weighted by atomic mass is 10.0. The van der Waals surface area contributed by atoms with Crippen molar-refractivity contribution in [2.75, 3.05) is 13.1 Å². The van der Waals surface area contributed by atoms with Crippen LogP contribution in [0.1, 0.15) is 33.5 Å². The maximum Gasteiger partial charge on any atom is 0.326 e. The van der Waals surface area contributed by atoms with Crippen molar-refractivity contribution >= 4 is 46.2 Å². The third-order valence-corrected chi connectivity index (χ3v) is 7.15. The van der Waals surface area contributed by atoms with Gasteiger partial charge in [-0.05, 0) is 47.9 Å². The summed E-state index contributed by atoms with van der Waals surface area (Å²) >= 11 is 12.4. The average molecular weight is 530 g/mol. The Morgan fingerprint density at radius 3 is 2.76 bits per heavy atom. The van der Waals surface area contributed by atoms with E-state index in [-0.39, 0.29) is 6.03 Å². The summed E-state index contributed by atoms with van der Waals surface area (Å²) in [7, 11) is 0. The standard InChI is InChI=1S/C29H25Cl2N5O/c1-19-4-6-20(7-5-19)3-2-11-35-12-9-26-24(18-35)23-14-22(16-32)25(30)15-27(23)36(26)29(37)34-17-21-8-10-33-28(31)13-21/h2-8,10,13-15H,9,11-12,17-18H2,1H3,(H,34,37)/b3-2+. The fourth-order valence-electron chi connectivity index (χ4n) is 4.73. The summed E-state index contributed by atoms with van der Waals surface area (Å²) in [5.74, 6) is 0. The molecule has 0 unspecified atom stereocenters. The van der Waals surface area contributed by atoms with Gasteiger partial charge in [0.05, 0.1) is 16.1 Å². The second-order valence-corrected chi connectivity index (χ2v) is 9.96. The third kappa shape index (κ3) is 5.40. The number of carbonyl (C=O) groups is 1. The summed E-state index contributed by atoms with van der Waals surface area (Å²) in [6.07, 6.45) is 6.61. The number of rotatable bonds is 5. The van der Waals surface area contributed by atoms with E-state index in [2.05, 4.69) is 64.6 Å². The lowest BCUT2D eigenvalue weighted by molar-refractivity contribution is 0.240. The molecule has 0 radical (unpaired) electrons. The van der Waals surface area contributed by atoms with Crippen LogP contribution < -0.4 is 5.32 Å². The molecule has 2 aromatic heterocycles. The predicted octanol–water partition coefficient (Wildman–Crippen LogP) is 6.35. The molecule has 0 saturated heterocycles. The third-order valence-electron chi connectivity index (χ3n) is 6.63. The summed E-state index contributed by atoms with van der Waals surface area (Å²) in [4.78, 5) is 19.7. The molecular formula is C29H25Cl2N5O. The number of nitrogens with one attached hydrogen (secondary N) is 1. The van der Waals surface area contributed by atoms with E-state index in [0.717, 1.165) is 35.3 Å². The van der Waals surface area contributed by atoms with Crippen molar-refractivity contribution in [2.24, 2.45) is 0 Å². The van der Waals surface area contributed by atoms with Gasteiger partial charge in [-0.1, -0.05) is 65.2 Å². The van der Waals surface area contributed by atoms with Gasteiger partial charge in [-0.15, -0.1) is 0 Å². The second-order valence-electron chi connectivity index (χ2n) is 9.17. The quantitative estimate of drug-likeness (QED) is 0.305. The van der Waals surface area contributed by atoms with Crippen LogP contribution in [0.4, 0.5) is 4.79 Å². The zero-order chi connectivity index (χ0) is 25.9. The molecule has 8 heteroatoms. The molecule has 0 bridgehead atoms. The fourth-order valence-corrected chi connectivity index (χ4v) is 5.13. The van der Waals surface area contributed by atoms with Gasteiger partial charge in [-0.3, -0.25) is 9.47 Å². The van der Waals surface area contributed by atoms with E-state index in [1.165, 1.54) is 11.1 Å². The van der Waals surface area contributed by atoms with Crippen LogP contribution in [-0.4, -0.2) is 33.6 Å². The Morgan fingerprint density at radius 2 is 2.00 bits per heavy atom. The largest absolute Gasteiger partial charge is 0.333 e. The minimum Gasteiger partial charge on any atom is -0.333 e. The highest BCUT2D eigenvalue weighted by atomic mass is 35.5. The van der Waals surface area contributed by atoms with E-state index < -0.39 is 0 Å². The number of hydrogen-bond donors (Lipinski definition) is 1. The van der Waals surface area contributed by atoms with E-state index in [9.17, 15) is 10.1 Å². The molecule has 37 heavy (non-hydrogen) atoms. The van der Waals surface area contributed by atoms with Crippen LogP contribution in [0.3, 0.4) is 0 Å². The highest BCUT2D eigenvalue weighted by molar-refractivity contribution is 6.32. The molecule has 1 amide bonds. The normalized spacial score (nSPS) is 13.6. The monoisotopic (exact) mass is 529 g/mol. The molecule has 6 nitrogen and oxygen atoms in total. The summed E-state index contributed by atoms with van der Waals surface area (Å²) in [5.41, 5.74) is 6.37. The van der Waals surface area contributed by atoms with Gasteiger partial charge in [0.25, 0.3) is 0 Å². The average Bonchev–Trinajstić information content (AvgIpc) is 3.20. The van der Waals surface area contributed by atoms with Crippen molar-refractivity contribution in [1.29, 1.82) is 5.26 Å². The van der Waals surface area contributed by atoms with Crippen LogP contribution >= 0.6 is 23.2 Å². The number of aryl methyl sites for hydroxylation is 1. The molecule has 0 atom stereocenters. The Kier molecular flexibility index (Phi) is 7.29. The van der Waals surface area contributed by atoms with Gasteiger partial charge in [-0.25, -0.2) is 9.78 Å². The van der Waals surface area contributed by atoms with Crippen molar-refractivity contribution in [3.05, 3.63) is 104 Å². The highest BCUT2D eigenvalue weighted by Crippen LogP contribution is 2.34. The zero-order valence-corrected chi connectivity index (χ0v) is 21.9. The molecule has 1 aliphatic rings. The van der Waals surface area contributed by atoms with Crippen LogP contribution in [0.2, 0.25) is 10.2 Å². The molecule has 1 aliphatic heterocycles. The summed E-state index contributed by atoms with van der Waals surface area (Å²) in [6.45, 7) is 4.67. The Morgan fingerprint density at radius 1 is 1.19 bits per heavy atom. The van der Waals surface area contributed by atoms with Crippen molar-refractivity contribution in [3.8, 4) is 6.07 Å². The number of nitriles is 1. The number of pyridine rings is 1. The van der Waals surface area contributed by atoms with Crippen LogP contribution in [0, 0.1) is 18.3 Å². The predicted molar refractivity (Wildman–Crippen MR) is 148 cm³/mol. The van der Waals surface area contributed by atoms with E-state index in [1.807, 2.05) is 6.07 Å². The number of amides is 1. The SMILES string of the molecule is Cc1ccc(/C=C/CN2CCc3c(c4cc(C#N)c(Cl)cc4n3C(=O)NCc3ccnc(Cl)c3)C2)cc1. The van der Waals surface area contributed by atoms with Crippen molar-refractivity contribution < 1.29 is 4.79 Å². The van der Waals surface area contributed by atoms with Crippen molar-refractivity contribution in [3.63, 3.8) is 0 Å². The second kappa shape index (κ2) is 10.8. The molecule has 0 aliphatic carbocycles. The summed E-state index contributed by atoms with van der Waals surface area (Å²) < 4.78 is 1.71. The van der Waals surface area contributed by atoms with Gasteiger partial charge in [0.1, 0.15) is 11.2 Å². The molecule has 0 spiro atoms. The van der Waals surface area contributed by atoms with Crippen LogP contribution in [-0.2, 0) is 19.5 Å². The van der Waals surface area contributed by atoms with Gasteiger partial charge >= 0.3 is 6.03 Å². The van der Waals surface area contributed by atoms with E-state index in [4.69, 9.17) is 23.2 Å². The molecule has 0 saturated carbocycles. The lowest BCUT2D eigenvalue weighted by Gasteiger charge is -2.27. The minimum atomic E-state index is -0.243. The Hall–Kier alpha value is -3.63. The van der Waals surface area contributed by atoms with Crippen LogP contribution in [0.15, 0.2) is 60.8 Å². The molecule has 2 aromatic carbocycles. The van der Waals surface area contributed by atoms with Gasteiger partial charge in [0.15, 0.2) is 0 Å². The molecular weight excluding hydrogens is 505 g/mol.